The molecule has 1 heterocycles. The van der Waals surface area contributed by atoms with Gasteiger partial charge in [0, 0.05) is 30.7 Å². The van der Waals surface area contributed by atoms with Crippen LogP contribution in [0.4, 0.5) is 4.39 Å². The lowest BCUT2D eigenvalue weighted by Gasteiger charge is -2.34. The second-order valence-corrected chi connectivity index (χ2v) is 8.81. The zero-order valence-electron chi connectivity index (χ0n) is 14.3. The number of piperazine rings is 1. The van der Waals surface area contributed by atoms with E-state index in [4.69, 9.17) is 4.74 Å². The number of nitrogens with zero attached hydrogens (tertiary/aromatic N) is 2. The summed E-state index contributed by atoms with van der Waals surface area (Å²) in [5.41, 5.74) is 0. The highest BCUT2D eigenvalue weighted by molar-refractivity contribution is 9.10. The molecule has 0 bridgehead atoms. The molecule has 0 spiro atoms. The zero-order chi connectivity index (χ0) is 19.4. The molecule has 0 aromatic heterocycles. The maximum atomic E-state index is 13.7. The second kappa shape index (κ2) is 8.37. The van der Waals surface area contributed by atoms with Crippen molar-refractivity contribution in [3.63, 3.8) is 0 Å². The Balaban J connectivity index is 1.55. The van der Waals surface area contributed by atoms with Gasteiger partial charge in [0.2, 0.25) is 10.0 Å². The quantitative estimate of drug-likeness (QED) is 0.692. The van der Waals surface area contributed by atoms with Gasteiger partial charge in [0.1, 0.15) is 0 Å². The van der Waals surface area contributed by atoms with Crippen LogP contribution in [0.3, 0.4) is 0 Å². The highest BCUT2D eigenvalue weighted by atomic mass is 79.9. The van der Waals surface area contributed by atoms with Crippen LogP contribution in [0.15, 0.2) is 57.9 Å². The summed E-state index contributed by atoms with van der Waals surface area (Å²) in [5.74, 6) is -0.873. The van der Waals surface area contributed by atoms with E-state index in [1.807, 2.05) is 0 Å². The Morgan fingerprint density at radius 1 is 1.07 bits per heavy atom. The SMILES string of the molecule is O=C(COc1ccc(Br)cc1F)N1CCN(S(=O)(=O)c2ccccc2)CC1. The predicted molar refractivity (Wildman–Crippen MR) is 101 cm³/mol. The molecule has 0 N–H and O–H groups in total. The van der Waals surface area contributed by atoms with Crippen molar-refractivity contribution in [3.8, 4) is 5.75 Å². The van der Waals surface area contributed by atoms with Gasteiger partial charge in [-0.1, -0.05) is 34.1 Å². The van der Waals surface area contributed by atoms with E-state index in [2.05, 4.69) is 15.9 Å². The third-order valence-corrected chi connectivity index (χ3v) is 6.62. The van der Waals surface area contributed by atoms with Gasteiger partial charge in [-0.25, -0.2) is 12.8 Å². The van der Waals surface area contributed by atoms with Gasteiger partial charge in [0.05, 0.1) is 4.90 Å². The summed E-state index contributed by atoms with van der Waals surface area (Å²) >= 11 is 3.15. The van der Waals surface area contributed by atoms with E-state index in [-0.39, 0.29) is 49.3 Å². The molecular formula is C18H18BrFN2O4S. The van der Waals surface area contributed by atoms with E-state index in [1.54, 1.807) is 36.4 Å². The molecule has 2 aromatic rings. The van der Waals surface area contributed by atoms with Crippen LogP contribution >= 0.6 is 15.9 Å². The molecule has 3 rings (SSSR count). The molecule has 0 radical (unpaired) electrons. The minimum atomic E-state index is -3.57. The van der Waals surface area contributed by atoms with Gasteiger partial charge in [0.15, 0.2) is 18.2 Å². The molecule has 0 aliphatic carbocycles. The summed E-state index contributed by atoms with van der Waals surface area (Å²) in [6, 6.07) is 12.5. The molecule has 1 saturated heterocycles. The Morgan fingerprint density at radius 3 is 2.37 bits per heavy atom. The van der Waals surface area contributed by atoms with Crippen molar-refractivity contribution in [2.75, 3.05) is 32.8 Å². The molecule has 2 aromatic carbocycles. The standard InChI is InChI=1S/C18H18BrFN2O4S/c19-14-6-7-17(16(20)12-14)26-13-18(23)21-8-10-22(11-9-21)27(24,25)15-4-2-1-3-5-15/h1-7,12H,8-11,13H2. The van der Waals surface area contributed by atoms with E-state index in [9.17, 15) is 17.6 Å². The molecule has 27 heavy (non-hydrogen) atoms. The van der Waals surface area contributed by atoms with E-state index < -0.39 is 15.8 Å². The van der Waals surface area contributed by atoms with Crippen molar-refractivity contribution < 1.29 is 22.3 Å². The lowest BCUT2D eigenvalue weighted by molar-refractivity contribution is -0.134. The van der Waals surface area contributed by atoms with Crippen molar-refractivity contribution in [1.29, 1.82) is 0 Å². The Labute approximate surface area is 165 Å². The number of hydrogen-bond acceptors (Lipinski definition) is 4. The monoisotopic (exact) mass is 456 g/mol. The van der Waals surface area contributed by atoms with Gasteiger partial charge in [-0.15, -0.1) is 0 Å². The van der Waals surface area contributed by atoms with Crippen LogP contribution in [0.25, 0.3) is 0 Å². The van der Waals surface area contributed by atoms with Gasteiger partial charge >= 0.3 is 0 Å². The van der Waals surface area contributed by atoms with Gasteiger partial charge in [0.25, 0.3) is 5.91 Å². The van der Waals surface area contributed by atoms with Crippen LogP contribution in [-0.4, -0.2) is 56.3 Å². The lowest BCUT2D eigenvalue weighted by Crippen LogP contribution is -2.51. The highest BCUT2D eigenvalue weighted by Crippen LogP contribution is 2.22. The molecular weight excluding hydrogens is 439 g/mol. The number of benzene rings is 2. The number of hydrogen-bond donors (Lipinski definition) is 0. The summed E-state index contributed by atoms with van der Waals surface area (Å²) in [4.78, 5) is 14.0. The molecule has 1 aliphatic heterocycles. The average molecular weight is 457 g/mol. The highest BCUT2D eigenvalue weighted by Gasteiger charge is 2.30. The first-order valence-electron chi connectivity index (χ1n) is 8.29. The summed E-state index contributed by atoms with van der Waals surface area (Å²) in [7, 11) is -3.57. The van der Waals surface area contributed by atoms with Crippen LogP contribution < -0.4 is 4.74 Å². The van der Waals surface area contributed by atoms with Crippen molar-refractivity contribution in [2.45, 2.75) is 4.90 Å². The fourth-order valence-electron chi connectivity index (χ4n) is 2.74. The van der Waals surface area contributed by atoms with Gasteiger partial charge in [-0.3, -0.25) is 4.79 Å². The first-order chi connectivity index (χ1) is 12.9. The summed E-state index contributed by atoms with van der Waals surface area (Å²) < 4.78 is 46.1. The van der Waals surface area contributed by atoms with Gasteiger partial charge < -0.3 is 9.64 Å². The minimum absolute atomic E-state index is 0.00292. The third-order valence-electron chi connectivity index (χ3n) is 4.22. The van der Waals surface area contributed by atoms with Crippen LogP contribution in [0.2, 0.25) is 0 Å². The third kappa shape index (κ3) is 4.66. The van der Waals surface area contributed by atoms with Gasteiger partial charge in [-0.2, -0.15) is 4.31 Å². The molecule has 1 aliphatic rings. The smallest absolute Gasteiger partial charge is 0.260 e. The van der Waals surface area contributed by atoms with Crippen molar-refractivity contribution >= 4 is 31.9 Å². The van der Waals surface area contributed by atoms with E-state index in [1.165, 1.54) is 21.3 Å². The van der Waals surface area contributed by atoms with Crippen molar-refractivity contribution in [3.05, 3.63) is 58.8 Å². The minimum Gasteiger partial charge on any atom is -0.481 e. The zero-order valence-corrected chi connectivity index (χ0v) is 16.7. The first kappa shape index (κ1) is 19.8. The number of amides is 1. The van der Waals surface area contributed by atoms with Gasteiger partial charge in [-0.05, 0) is 30.3 Å². The molecule has 144 valence electrons. The number of carbonyl (C=O) groups excluding carboxylic acids is 1. The lowest BCUT2D eigenvalue weighted by atomic mass is 10.3. The summed E-state index contributed by atoms with van der Waals surface area (Å²) in [5, 5.41) is 0. The first-order valence-corrected chi connectivity index (χ1v) is 10.5. The van der Waals surface area contributed by atoms with Crippen molar-refractivity contribution in [1.82, 2.24) is 9.21 Å². The number of halogens is 2. The number of carbonyl (C=O) groups is 1. The van der Waals surface area contributed by atoms with Crippen LogP contribution in [-0.2, 0) is 14.8 Å². The maximum absolute atomic E-state index is 13.7. The second-order valence-electron chi connectivity index (χ2n) is 5.96. The Kier molecular flexibility index (Phi) is 6.13. The fourth-order valence-corrected chi connectivity index (χ4v) is 4.52. The number of sulfonamides is 1. The van der Waals surface area contributed by atoms with Crippen LogP contribution in [0.5, 0.6) is 5.75 Å². The largest absolute Gasteiger partial charge is 0.481 e. The van der Waals surface area contributed by atoms with Crippen LogP contribution in [0.1, 0.15) is 0 Å². The van der Waals surface area contributed by atoms with E-state index >= 15 is 0 Å². The maximum Gasteiger partial charge on any atom is 0.260 e. The molecule has 0 saturated carbocycles. The molecule has 0 atom stereocenters. The topological polar surface area (TPSA) is 66.9 Å². The van der Waals surface area contributed by atoms with E-state index in [0.29, 0.717) is 4.47 Å². The molecule has 0 unspecified atom stereocenters. The molecule has 1 amide bonds. The fraction of sp³-hybridized carbons (Fsp3) is 0.278. The van der Waals surface area contributed by atoms with E-state index in [0.717, 1.165) is 0 Å². The van der Waals surface area contributed by atoms with Crippen LogP contribution in [0, 0.1) is 5.82 Å². The Bertz CT molecular complexity index is 916. The summed E-state index contributed by atoms with van der Waals surface area (Å²) in [6.45, 7) is 0.628. The Hall–Kier alpha value is -1.97. The number of rotatable bonds is 5. The summed E-state index contributed by atoms with van der Waals surface area (Å²) in [6.07, 6.45) is 0. The normalized spacial score (nSPS) is 15.6. The van der Waals surface area contributed by atoms with Crippen molar-refractivity contribution in [2.24, 2.45) is 0 Å². The Morgan fingerprint density at radius 2 is 1.74 bits per heavy atom. The average Bonchev–Trinajstić information content (AvgIpc) is 2.68. The molecule has 9 heteroatoms. The molecule has 6 nitrogen and oxygen atoms in total. The number of ether oxygens (including phenoxy) is 1. The predicted octanol–water partition coefficient (Wildman–Crippen LogP) is 2.50. The molecule has 1 fully saturated rings.